The Morgan fingerprint density at radius 3 is 2.61 bits per heavy atom. The maximum absolute atomic E-state index is 12.5. The molecular formula is C31H33N5O2. The normalized spacial score (nSPS) is 17.4. The largest absolute Gasteiger partial charge is 0.444 e. The molecule has 7 heteroatoms. The van der Waals surface area contributed by atoms with Gasteiger partial charge in [-0.25, -0.2) is 9.78 Å². The summed E-state index contributed by atoms with van der Waals surface area (Å²) >= 11 is 0. The molecule has 38 heavy (non-hydrogen) atoms. The van der Waals surface area contributed by atoms with E-state index in [-0.39, 0.29) is 11.5 Å². The third kappa shape index (κ3) is 3.88. The summed E-state index contributed by atoms with van der Waals surface area (Å²) in [5.74, 6) is 0.968. The van der Waals surface area contributed by atoms with Crippen LogP contribution >= 0.6 is 0 Å². The zero-order chi connectivity index (χ0) is 26.1. The number of carbonyl (C=O) groups excluding carboxylic acids is 1. The second-order valence-electron chi connectivity index (χ2n) is 12.0. The Kier molecular flexibility index (Phi) is 5.02. The molecule has 2 aromatic carbocycles. The molecule has 0 saturated carbocycles. The molecule has 0 unspecified atom stereocenters. The topological polar surface area (TPSA) is 55.5 Å². The van der Waals surface area contributed by atoms with Crippen molar-refractivity contribution in [3.63, 3.8) is 0 Å². The number of imidazole rings is 1. The van der Waals surface area contributed by atoms with Gasteiger partial charge in [0.15, 0.2) is 5.82 Å². The Hall–Kier alpha value is -4.00. The molecule has 3 aliphatic rings. The zero-order valence-electron chi connectivity index (χ0n) is 22.2. The standard InChI is InChI=1S/C31H33N5O2/c1-30(2,3)38-29(37)35-20-31(21-35)11-13-33(19-31)25-9-10-26-24(15-25)18-34-17-23(22-7-5-4-6-8-22)16-27(34)28-32-12-14-36(26)28/h4-10,12,14-17H,11,13,18-21H2,1-3H3. The van der Waals surface area contributed by atoms with E-state index in [2.05, 4.69) is 81.0 Å². The van der Waals surface area contributed by atoms with E-state index in [0.717, 1.165) is 50.7 Å². The Morgan fingerprint density at radius 2 is 1.82 bits per heavy atom. The van der Waals surface area contributed by atoms with Crippen molar-refractivity contribution in [2.24, 2.45) is 5.41 Å². The fraction of sp³-hybridized carbons (Fsp3) is 0.355. The first-order chi connectivity index (χ1) is 18.3. The minimum absolute atomic E-state index is 0.166. The van der Waals surface area contributed by atoms with Gasteiger partial charge in [0.2, 0.25) is 0 Å². The summed E-state index contributed by atoms with van der Waals surface area (Å²) < 4.78 is 10.1. The third-order valence-electron chi connectivity index (χ3n) is 8.04. The molecule has 194 valence electrons. The Balaban J connectivity index is 1.14. The third-order valence-corrected chi connectivity index (χ3v) is 8.04. The summed E-state index contributed by atoms with van der Waals surface area (Å²) in [4.78, 5) is 21.5. The fourth-order valence-electron chi connectivity index (χ4n) is 6.25. The number of aromatic nitrogens is 3. The van der Waals surface area contributed by atoms with Crippen LogP contribution in [0, 0.1) is 5.41 Å². The first-order valence-electron chi connectivity index (χ1n) is 13.4. The average molecular weight is 508 g/mol. The summed E-state index contributed by atoms with van der Waals surface area (Å²) in [6, 6.07) is 19.6. The lowest BCUT2D eigenvalue weighted by molar-refractivity contribution is -0.0266. The van der Waals surface area contributed by atoms with Crippen LogP contribution in [-0.2, 0) is 11.3 Å². The number of benzene rings is 2. The fourth-order valence-corrected chi connectivity index (χ4v) is 6.25. The van der Waals surface area contributed by atoms with Gasteiger partial charge in [-0.2, -0.15) is 0 Å². The number of ether oxygens (including phenoxy) is 1. The number of fused-ring (bicyclic) bond motifs is 5. The lowest BCUT2D eigenvalue weighted by atomic mass is 9.79. The van der Waals surface area contributed by atoms with E-state index in [1.165, 1.54) is 28.1 Å². The predicted octanol–water partition coefficient (Wildman–Crippen LogP) is 5.82. The van der Waals surface area contributed by atoms with Gasteiger partial charge in [0.25, 0.3) is 0 Å². The van der Waals surface area contributed by atoms with E-state index in [1.807, 2.05) is 31.9 Å². The molecule has 0 radical (unpaired) electrons. The molecule has 0 aliphatic carbocycles. The van der Waals surface area contributed by atoms with Crippen LogP contribution in [0.3, 0.4) is 0 Å². The van der Waals surface area contributed by atoms with Crippen LogP contribution in [0.5, 0.6) is 0 Å². The van der Waals surface area contributed by atoms with Crippen molar-refractivity contribution in [1.82, 2.24) is 19.0 Å². The van der Waals surface area contributed by atoms with Gasteiger partial charge in [-0.05, 0) is 62.6 Å². The molecule has 1 amide bonds. The highest BCUT2D eigenvalue weighted by Crippen LogP contribution is 2.43. The smallest absolute Gasteiger partial charge is 0.410 e. The predicted molar refractivity (Wildman–Crippen MR) is 149 cm³/mol. The van der Waals surface area contributed by atoms with E-state index in [0.29, 0.717) is 0 Å². The number of amides is 1. The summed E-state index contributed by atoms with van der Waals surface area (Å²) in [7, 11) is 0. The number of rotatable bonds is 2. The number of hydrogen-bond acceptors (Lipinski definition) is 4. The van der Waals surface area contributed by atoms with Crippen molar-refractivity contribution >= 4 is 11.8 Å². The number of carbonyl (C=O) groups is 1. The summed E-state index contributed by atoms with van der Waals surface area (Å²) in [5.41, 5.74) is 6.96. The quantitative estimate of drug-likeness (QED) is 0.302. The highest BCUT2D eigenvalue weighted by molar-refractivity contribution is 5.72. The Labute approximate surface area is 223 Å². The molecule has 0 bridgehead atoms. The van der Waals surface area contributed by atoms with Crippen LogP contribution in [0.2, 0.25) is 0 Å². The number of nitrogens with zero attached hydrogens (tertiary/aromatic N) is 5. The second kappa shape index (κ2) is 8.25. The summed E-state index contributed by atoms with van der Waals surface area (Å²) in [6.07, 6.45) is 7.09. The average Bonchev–Trinajstić information content (AvgIpc) is 3.60. The van der Waals surface area contributed by atoms with Crippen molar-refractivity contribution in [3.8, 4) is 28.3 Å². The number of hydrogen-bond donors (Lipinski definition) is 0. The van der Waals surface area contributed by atoms with E-state index >= 15 is 0 Å². The number of likely N-dealkylation sites (tertiary alicyclic amines) is 1. The summed E-state index contributed by atoms with van der Waals surface area (Å²) in [6.45, 7) is 10.1. The molecule has 0 atom stereocenters. The zero-order valence-corrected chi connectivity index (χ0v) is 22.2. The Morgan fingerprint density at radius 1 is 1.00 bits per heavy atom. The lowest BCUT2D eigenvalue weighted by Crippen LogP contribution is -2.60. The first kappa shape index (κ1) is 23.1. The van der Waals surface area contributed by atoms with Gasteiger partial charge in [0, 0.05) is 68.0 Å². The van der Waals surface area contributed by atoms with Crippen LogP contribution in [0.4, 0.5) is 10.5 Å². The second-order valence-corrected chi connectivity index (χ2v) is 12.0. The van der Waals surface area contributed by atoms with E-state index < -0.39 is 5.60 Å². The maximum atomic E-state index is 12.5. The molecule has 7 rings (SSSR count). The molecule has 2 fully saturated rings. The minimum Gasteiger partial charge on any atom is -0.444 e. The molecule has 4 aromatic rings. The molecule has 2 aromatic heterocycles. The molecule has 3 aliphatic heterocycles. The highest BCUT2D eigenvalue weighted by Gasteiger charge is 2.50. The van der Waals surface area contributed by atoms with Crippen LogP contribution in [-0.4, -0.2) is 56.9 Å². The van der Waals surface area contributed by atoms with Crippen LogP contribution < -0.4 is 4.90 Å². The lowest BCUT2D eigenvalue weighted by Gasteiger charge is -2.47. The van der Waals surface area contributed by atoms with Gasteiger partial charge in [-0.15, -0.1) is 0 Å². The van der Waals surface area contributed by atoms with Gasteiger partial charge in [0.05, 0.1) is 11.4 Å². The van der Waals surface area contributed by atoms with Crippen LogP contribution in [0.1, 0.15) is 32.8 Å². The minimum atomic E-state index is -0.458. The van der Waals surface area contributed by atoms with Crippen molar-refractivity contribution < 1.29 is 9.53 Å². The maximum Gasteiger partial charge on any atom is 0.410 e. The molecule has 0 N–H and O–H groups in total. The SMILES string of the molecule is CC(C)(C)OC(=O)N1CC2(CCN(c3ccc4c(c3)Cn3cc(-c5ccccc5)cc3-c3nccn3-4)C2)C1. The highest BCUT2D eigenvalue weighted by atomic mass is 16.6. The first-order valence-corrected chi connectivity index (χ1v) is 13.4. The van der Waals surface area contributed by atoms with Gasteiger partial charge < -0.3 is 19.1 Å². The Bertz CT molecular complexity index is 1520. The monoisotopic (exact) mass is 507 g/mol. The van der Waals surface area contributed by atoms with Gasteiger partial charge >= 0.3 is 6.09 Å². The van der Waals surface area contributed by atoms with Gasteiger partial charge in [-0.1, -0.05) is 30.3 Å². The van der Waals surface area contributed by atoms with Crippen molar-refractivity contribution in [2.45, 2.75) is 39.3 Å². The molecule has 1 spiro atoms. The van der Waals surface area contributed by atoms with E-state index in [4.69, 9.17) is 9.72 Å². The summed E-state index contributed by atoms with van der Waals surface area (Å²) in [5, 5.41) is 0. The van der Waals surface area contributed by atoms with E-state index in [1.54, 1.807) is 0 Å². The molecule has 5 heterocycles. The van der Waals surface area contributed by atoms with Crippen molar-refractivity contribution in [2.75, 3.05) is 31.1 Å². The number of anilines is 1. The van der Waals surface area contributed by atoms with Crippen LogP contribution in [0.25, 0.3) is 28.3 Å². The van der Waals surface area contributed by atoms with Gasteiger partial charge in [0.1, 0.15) is 5.60 Å². The molecular weight excluding hydrogens is 474 g/mol. The van der Waals surface area contributed by atoms with Crippen molar-refractivity contribution in [1.29, 1.82) is 0 Å². The molecule has 2 saturated heterocycles. The van der Waals surface area contributed by atoms with Crippen molar-refractivity contribution in [3.05, 3.63) is 78.8 Å². The van der Waals surface area contributed by atoms with Gasteiger partial charge in [-0.3, -0.25) is 4.57 Å². The van der Waals surface area contributed by atoms with Crippen LogP contribution in [0.15, 0.2) is 73.2 Å². The van der Waals surface area contributed by atoms with E-state index in [9.17, 15) is 4.79 Å². The molecule has 7 nitrogen and oxygen atoms in total.